The summed E-state index contributed by atoms with van der Waals surface area (Å²) < 4.78 is 0. The Morgan fingerprint density at radius 1 is 0.897 bits per heavy atom. The highest BCUT2D eigenvalue weighted by molar-refractivity contribution is 5.94. The van der Waals surface area contributed by atoms with Crippen LogP contribution in [-0.2, 0) is 36.8 Å². The van der Waals surface area contributed by atoms with E-state index in [2.05, 4.69) is 25.9 Å². The molecule has 4 atom stereocenters. The van der Waals surface area contributed by atoms with Crippen LogP contribution in [0, 0.1) is 5.92 Å². The lowest BCUT2D eigenvalue weighted by molar-refractivity contribution is -0.142. The van der Waals surface area contributed by atoms with Gasteiger partial charge in [0, 0.05) is 31.2 Å². The van der Waals surface area contributed by atoms with Gasteiger partial charge in [-0.2, -0.15) is 0 Å². The second-order valence-corrected chi connectivity index (χ2v) is 9.66. The molecule has 13 nitrogen and oxygen atoms in total. The van der Waals surface area contributed by atoms with Crippen molar-refractivity contribution in [3.05, 3.63) is 54.1 Å². The Balaban J connectivity index is 2.24. The molecule has 1 aromatic carbocycles. The van der Waals surface area contributed by atoms with Crippen LogP contribution in [0.25, 0.3) is 0 Å². The number of aromatic nitrogens is 2. The molecule has 1 aromatic heterocycles. The van der Waals surface area contributed by atoms with Crippen LogP contribution >= 0.6 is 0 Å². The van der Waals surface area contributed by atoms with Gasteiger partial charge >= 0.3 is 11.9 Å². The normalized spacial score (nSPS) is 14.1. The molecule has 0 aliphatic heterocycles. The number of nitrogens with zero attached hydrogens (tertiary/aromatic N) is 1. The highest BCUT2D eigenvalue weighted by Gasteiger charge is 2.31. The molecule has 3 amide bonds. The zero-order valence-electron chi connectivity index (χ0n) is 21.9. The number of hydrogen-bond acceptors (Lipinski definition) is 7. The predicted octanol–water partition coefficient (Wildman–Crippen LogP) is -0.0279. The van der Waals surface area contributed by atoms with E-state index in [1.807, 2.05) is 13.8 Å². The van der Waals surface area contributed by atoms with Gasteiger partial charge in [0.1, 0.15) is 18.1 Å². The first kappa shape index (κ1) is 31.0. The maximum absolute atomic E-state index is 13.3. The first-order valence-corrected chi connectivity index (χ1v) is 12.6. The summed E-state index contributed by atoms with van der Waals surface area (Å²) >= 11 is 0. The molecule has 0 aliphatic carbocycles. The zero-order chi connectivity index (χ0) is 28.9. The number of H-pyrrole nitrogens is 1. The van der Waals surface area contributed by atoms with Gasteiger partial charge in [0.2, 0.25) is 17.7 Å². The largest absolute Gasteiger partial charge is 0.481 e. The molecule has 0 fully saturated rings. The molecule has 39 heavy (non-hydrogen) atoms. The topological polar surface area (TPSA) is 217 Å². The molecule has 2 aromatic rings. The fraction of sp³-hybridized carbons (Fsp3) is 0.462. The van der Waals surface area contributed by atoms with Gasteiger partial charge in [-0.05, 0) is 24.3 Å². The number of benzene rings is 1. The maximum Gasteiger partial charge on any atom is 0.326 e. The third kappa shape index (κ3) is 10.9. The van der Waals surface area contributed by atoms with Crippen molar-refractivity contribution in [2.24, 2.45) is 11.7 Å². The fourth-order valence-corrected chi connectivity index (χ4v) is 3.85. The number of carboxylic acids is 2. The molecule has 212 valence electrons. The quantitative estimate of drug-likeness (QED) is 0.151. The van der Waals surface area contributed by atoms with Gasteiger partial charge in [-0.3, -0.25) is 19.2 Å². The Hall–Kier alpha value is -4.26. The van der Waals surface area contributed by atoms with Crippen LogP contribution in [-0.4, -0.2) is 74.0 Å². The second-order valence-electron chi connectivity index (χ2n) is 9.66. The van der Waals surface area contributed by atoms with Gasteiger partial charge in [0.25, 0.3) is 0 Å². The number of nitrogens with two attached hydrogens (primary N) is 1. The summed E-state index contributed by atoms with van der Waals surface area (Å²) in [4.78, 5) is 68.7. The molecule has 0 aliphatic rings. The molecule has 0 saturated heterocycles. The second kappa shape index (κ2) is 15.2. The lowest BCUT2D eigenvalue weighted by atomic mass is 10.0. The van der Waals surface area contributed by atoms with E-state index in [9.17, 15) is 29.1 Å². The van der Waals surface area contributed by atoms with E-state index >= 15 is 0 Å². The third-order valence-electron chi connectivity index (χ3n) is 5.85. The molecule has 0 spiro atoms. The summed E-state index contributed by atoms with van der Waals surface area (Å²) in [5.74, 6) is -4.52. The molecule has 2 rings (SSSR count). The number of aliphatic carboxylic acids is 2. The molecule has 1 heterocycles. The van der Waals surface area contributed by atoms with E-state index in [-0.39, 0.29) is 25.2 Å². The maximum atomic E-state index is 13.3. The average Bonchev–Trinajstić information content (AvgIpc) is 3.38. The van der Waals surface area contributed by atoms with Gasteiger partial charge in [-0.15, -0.1) is 0 Å². The number of carbonyl (C=O) groups is 5. The Labute approximate surface area is 226 Å². The van der Waals surface area contributed by atoms with Gasteiger partial charge in [-0.25, -0.2) is 9.78 Å². The first-order valence-electron chi connectivity index (χ1n) is 12.6. The Morgan fingerprint density at radius 3 is 2.08 bits per heavy atom. The van der Waals surface area contributed by atoms with Crippen LogP contribution in [0.15, 0.2) is 42.9 Å². The SMILES string of the molecule is CC(C)CC(N)C(=O)NC(CCC(=O)O)C(=O)NC(Cc1ccccc1)C(=O)NC(Cc1cnc[nH]1)C(=O)O. The standard InChI is InChI=1S/C26H36N6O7/c1-15(2)10-18(27)23(35)30-19(8-9-22(33)34)24(36)31-20(11-16-6-4-3-5-7-16)25(37)32-21(26(38)39)12-17-13-28-14-29-17/h3-7,13-15,18-21H,8-12,27H2,1-2H3,(H,28,29)(H,30,35)(H,31,36)(H,32,37)(H,33,34)(H,38,39). The number of carbonyl (C=O) groups excluding carboxylic acids is 3. The number of hydrogen-bond donors (Lipinski definition) is 7. The van der Waals surface area contributed by atoms with Crippen LogP contribution in [0.4, 0.5) is 0 Å². The first-order chi connectivity index (χ1) is 18.5. The summed E-state index contributed by atoms with van der Waals surface area (Å²) in [6.07, 6.45) is 2.46. The van der Waals surface area contributed by atoms with Crippen molar-refractivity contribution in [3.8, 4) is 0 Å². The number of nitrogens with one attached hydrogen (secondary N) is 4. The Bertz CT molecular complexity index is 1110. The summed E-state index contributed by atoms with van der Waals surface area (Å²) in [6, 6.07) is 4.01. The minimum atomic E-state index is -1.32. The van der Waals surface area contributed by atoms with E-state index < -0.39 is 60.2 Å². The van der Waals surface area contributed by atoms with Crippen molar-refractivity contribution < 1.29 is 34.2 Å². The summed E-state index contributed by atoms with van der Waals surface area (Å²) in [6.45, 7) is 3.76. The van der Waals surface area contributed by atoms with E-state index in [4.69, 9.17) is 10.8 Å². The highest BCUT2D eigenvalue weighted by atomic mass is 16.4. The van der Waals surface area contributed by atoms with E-state index in [0.717, 1.165) is 0 Å². The highest BCUT2D eigenvalue weighted by Crippen LogP contribution is 2.08. The molecular formula is C26H36N6O7. The van der Waals surface area contributed by atoms with Crippen molar-refractivity contribution >= 4 is 29.7 Å². The van der Waals surface area contributed by atoms with Crippen molar-refractivity contribution in [1.29, 1.82) is 0 Å². The van der Waals surface area contributed by atoms with Crippen LogP contribution < -0.4 is 21.7 Å². The number of amides is 3. The van der Waals surface area contributed by atoms with Crippen molar-refractivity contribution in [2.75, 3.05) is 0 Å². The van der Waals surface area contributed by atoms with Gasteiger partial charge in [-0.1, -0.05) is 44.2 Å². The van der Waals surface area contributed by atoms with Crippen molar-refractivity contribution in [1.82, 2.24) is 25.9 Å². The molecule has 0 saturated carbocycles. The third-order valence-corrected chi connectivity index (χ3v) is 5.85. The van der Waals surface area contributed by atoms with Crippen LogP contribution in [0.5, 0.6) is 0 Å². The number of rotatable bonds is 16. The summed E-state index contributed by atoms with van der Waals surface area (Å²) in [5, 5.41) is 26.3. The van der Waals surface area contributed by atoms with Crippen LogP contribution in [0.1, 0.15) is 44.4 Å². The molecule has 13 heteroatoms. The molecule has 8 N–H and O–H groups in total. The van der Waals surface area contributed by atoms with E-state index in [1.54, 1.807) is 30.3 Å². The van der Waals surface area contributed by atoms with Gasteiger partial charge in [0.15, 0.2) is 0 Å². The number of carboxylic acid groups (broad SMARTS) is 2. The number of aromatic amines is 1. The fourth-order valence-electron chi connectivity index (χ4n) is 3.85. The number of imidazole rings is 1. The average molecular weight is 545 g/mol. The van der Waals surface area contributed by atoms with Gasteiger partial charge in [0.05, 0.1) is 12.4 Å². The molecule has 0 bridgehead atoms. The van der Waals surface area contributed by atoms with Crippen LogP contribution in [0.2, 0.25) is 0 Å². The molecule has 4 unspecified atom stereocenters. The van der Waals surface area contributed by atoms with Gasteiger partial charge < -0.3 is 36.9 Å². The monoisotopic (exact) mass is 544 g/mol. The lowest BCUT2D eigenvalue weighted by Gasteiger charge is -2.25. The lowest BCUT2D eigenvalue weighted by Crippen LogP contribution is -2.58. The van der Waals surface area contributed by atoms with Crippen LogP contribution in [0.3, 0.4) is 0 Å². The van der Waals surface area contributed by atoms with E-state index in [0.29, 0.717) is 17.7 Å². The van der Waals surface area contributed by atoms with Crippen molar-refractivity contribution in [3.63, 3.8) is 0 Å². The minimum absolute atomic E-state index is 0.0151. The minimum Gasteiger partial charge on any atom is -0.481 e. The molecular weight excluding hydrogens is 508 g/mol. The van der Waals surface area contributed by atoms with E-state index in [1.165, 1.54) is 12.5 Å². The molecule has 0 radical (unpaired) electrons. The smallest absolute Gasteiger partial charge is 0.326 e. The summed E-state index contributed by atoms with van der Waals surface area (Å²) in [5.41, 5.74) is 7.10. The summed E-state index contributed by atoms with van der Waals surface area (Å²) in [7, 11) is 0. The zero-order valence-corrected chi connectivity index (χ0v) is 21.9. The predicted molar refractivity (Wildman–Crippen MR) is 140 cm³/mol. The Kier molecular flexibility index (Phi) is 12.1. The van der Waals surface area contributed by atoms with Crippen molar-refractivity contribution in [2.45, 2.75) is 70.1 Å². The Morgan fingerprint density at radius 2 is 1.51 bits per heavy atom.